The van der Waals surface area contributed by atoms with Gasteiger partial charge in [-0.1, -0.05) is 17.3 Å². The Labute approximate surface area is 159 Å². The molecule has 0 saturated heterocycles. The summed E-state index contributed by atoms with van der Waals surface area (Å²) in [5.74, 6) is -1.37. The summed E-state index contributed by atoms with van der Waals surface area (Å²) >= 11 is 0. The lowest BCUT2D eigenvalue weighted by Gasteiger charge is -2.26. The van der Waals surface area contributed by atoms with Gasteiger partial charge in [0.1, 0.15) is 5.82 Å². The van der Waals surface area contributed by atoms with Crippen molar-refractivity contribution in [1.82, 2.24) is 25.4 Å². The third-order valence-corrected chi connectivity index (χ3v) is 5.03. The molecule has 3 aromatic rings. The van der Waals surface area contributed by atoms with Crippen LogP contribution in [-0.2, 0) is 17.8 Å². The highest BCUT2D eigenvalue weighted by atomic mass is 19.3. The number of aryl methyl sites for hydroxylation is 1. The van der Waals surface area contributed by atoms with E-state index in [-0.39, 0.29) is 43.5 Å². The number of hydrogen-bond donors (Lipinski definition) is 2. The Hall–Kier alpha value is -2.84. The zero-order valence-electron chi connectivity index (χ0n) is 15.3. The van der Waals surface area contributed by atoms with Crippen molar-refractivity contribution in [2.75, 3.05) is 0 Å². The van der Waals surface area contributed by atoms with Gasteiger partial charge >= 0.3 is 0 Å². The third-order valence-electron chi connectivity index (χ3n) is 5.03. The molecular formula is C19H21F2N5O2. The summed E-state index contributed by atoms with van der Waals surface area (Å²) in [6.45, 7) is 0.120. The number of carbonyl (C=O) groups excluding carboxylic acids is 1. The molecule has 0 spiro atoms. The van der Waals surface area contributed by atoms with Gasteiger partial charge in [0.15, 0.2) is 5.82 Å². The molecule has 1 aliphatic carbocycles. The summed E-state index contributed by atoms with van der Waals surface area (Å²) in [4.78, 5) is 23.9. The predicted octanol–water partition coefficient (Wildman–Crippen LogP) is 3.49. The van der Waals surface area contributed by atoms with Gasteiger partial charge < -0.3 is 14.8 Å². The van der Waals surface area contributed by atoms with Gasteiger partial charge in [-0.3, -0.25) is 4.79 Å². The number of halogens is 2. The van der Waals surface area contributed by atoms with Crippen LogP contribution in [0, 0.1) is 0 Å². The molecule has 0 aliphatic heterocycles. The van der Waals surface area contributed by atoms with Crippen molar-refractivity contribution >= 4 is 16.9 Å². The molecule has 0 unspecified atom stereocenters. The molecule has 2 aromatic heterocycles. The predicted molar refractivity (Wildman–Crippen MR) is 96.7 cm³/mol. The summed E-state index contributed by atoms with van der Waals surface area (Å²) in [5, 5.41) is 6.62. The van der Waals surface area contributed by atoms with E-state index in [1.54, 1.807) is 0 Å². The molecule has 1 aromatic carbocycles. The van der Waals surface area contributed by atoms with E-state index in [9.17, 15) is 13.6 Å². The minimum absolute atomic E-state index is 0.110. The minimum atomic E-state index is -2.59. The topological polar surface area (TPSA) is 96.7 Å². The molecule has 0 radical (unpaired) electrons. The van der Waals surface area contributed by atoms with Crippen molar-refractivity contribution in [3.8, 4) is 0 Å². The average Bonchev–Trinajstić information content (AvgIpc) is 3.31. The molecule has 7 nitrogen and oxygen atoms in total. The van der Waals surface area contributed by atoms with Crippen LogP contribution < -0.4 is 5.32 Å². The fourth-order valence-electron chi connectivity index (χ4n) is 3.42. The maximum atomic E-state index is 13.2. The lowest BCUT2D eigenvalue weighted by molar-refractivity contribution is -0.121. The Bertz CT molecular complexity index is 925. The summed E-state index contributed by atoms with van der Waals surface area (Å²) in [6, 6.07) is 7.69. The lowest BCUT2D eigenvalue weighted by Crippen LogP contribution is -2.24. The number of benzene rings is 1. The fourth-order valence-corrected chi connectivity index (χ4v) is 3.42. The monoisotopic (exact) mass is 389 g/mol. The number of fused-ring (bicyclic) bond motifs is 1. The van der Waals surface area contributed by atoms with Crippen LogP contribution in [0.3, 0.4) is 0 Å². The van der Waals surface area contributed by atoms with Gasteiger partial charge in [-0.15, -0.1) is 0 Å². The smallest absolute Gasteiger partial charge is 0.248 e. The highest BCUT2D eigenvalue weighted by Gasteiger charge is 2.36. The van der Waals surface area contributed by atoms with Crippen LogP contribution >= 0.6 is 0 Å². The van der Waals surface area contributed by atoms with E-state index < -0.39 is 5.92 Å². The van der Waals surface area contributed by atoms with Gasteiger partial charge in [0, 0.05) is 31.6 Å². The number of carbonyl (C=O) groups is 1. The second-order valence-electron chi connectivity index (χ2n) is 7.15. The van der Waals surface area contributed by atoms with Gasteiger partial charge in [0.2, 0.25) is 17.7 Å². The van der Waals surface area contributed by atoms with Gasteiger partial charge in [-0.05, 0) is 25.0 Å². The van der Waals surface area contributed by atoms with Crippen LogP contribution in [-0.4, -0.2) is 31.9 Å². The van der Waals surface area contributed by atoms with E-state index in [4.69, 9.17) is 4.52 Å². The number of amides is 1. The molecule has 1 aliphatic rings. The number of aromatic nitrogens is 4. The number of imidazole rings is 1. The zero-order valence-corrected chi connectivity index (χ0v) is 15.3. The zero-order chi connectivity index (χ0) is 19.6. The van der Waals surface area contributed by atoms with Crippen molar-refractivity contribution < 1.29 is 18.1 Å². The first-order valence-corrected chi connectivity index (χ1v) is 9.39. The van der Waals surface area contributed by atoms with Gasteiger partial charge in [-0.25, -0.2) is 13.8 Å². The SMILES string of the molecule is O=C(CCc1nc2ccccc2[nH]1)NCc1nc(C2CCC(F)(F)CC2)no1. The van der Waals surface area contributed by atoms with Crippen LogP contribution in [0.2, 0.25) is 0 Å². The first-order valence-electron chi connectivity index (χ1n) is 9.39. The van der Waals surface area contributed by atoms with Crippen LogP contribution in [0.25, 0.3) is 11.0 Å². The summed E-state index contributed by atoms with van der Waals surface area (Å²) in [6.07, 6.45) is 1.15. The van der Waals surface area contributed by atoms with Crippen molar-refractivity contribution in [3.05, 3.63) is 41.8 Å². The van der Waals surface area contributed by atoms with E-state index in [0.717, 1.165) is 16.9 Å². The largest absolute Gasteiger partial charge is 0.347 e. The first-order chi connectivity index (χ1) is 13.5. The quantitative estimate of drug-likeness (QED) is 0.673. The Balaban J connectivity index is 1.24. The number of H-pyrrole nitrogens is 1. The van der Waals surface area contributed by atoms with E-state index in [1.807, 2.05) is 24.3 Å². The second-order valence-corrected chi connectivity index (χ2v) is 7.15. The molecule has 1 amide bonds. The summed E-state index contributed by atoms with van der Waals surface area (Å²) in [5.41, 5.74) is 1.81. The van der Waals surface area contributed by atoms with Crippen LogP contribution in [0.15, 0.2) is 28.8 Å². The van der Waals surface area contributed by atoms with Crippen LogP contribution in [0.1, 0.15) is 55.6 Å². The molecule has 148 valence electrons. The molecule has 2 N–H and O–H groups in total. The third kappa shape index (κ3) is 4.35. The van der Waals surface area contributed by atoms with Crippen molar-refractivity contribution in [1.29, 1.82) is 0 Å². The van der Waals surface area contributed by atoms with Crippen molar-refractivity contribution in [2.45, 2.75) is 56.9 Å². The fraction of sp³-hybridized carbons (Fsp3) is 0.474. The van der Waals surface area contributed by atoms with Crippen LogP contribution in [0.5, 0.6) is 0 Å². The second kappa shape index (κ2) is 7.65. The molecule has 2 heterocycles. The maximum Gasteiger partial charge on any atom is 0.248 e. The lowest BCUT2D eigenvalue weighted by atomic mass is 9.86. The molecular weight excluding hydrogens is 368 g/mol. The minimum Gasteiger partial charge on any atom is -0.347 e. The Morgan fingerprint density at radius 2 is 2.04 bits per heavy atom. The highest BCUT2D eigenvalue weighted by molar-refractivity contribution is 5.77. The molecule has 1 fully saturated rings. The molecule has 0 bridgehead atoms. The standard InChI is InChI=1S/C19H21F2N5O2/c20-19(21)9-7-12(8-10-19)18-25-17(28-26-18)11-22-16(27)6-5-15-23-13-3-1-2-4-14(13)24-15/h1-4,12H,5-11H2,(H,22,27)(H,23,24). The van der Waals surface area contributed by atoms with Crippen molar-refractivity contribution in [2.24, 2.45) is 0 Å². The van der Waals surface area contributed by atoms with Crippen molar-refractivity contribution in [3.63, 3.8) is 0 Å². The summed E-state index contributed by atoms with van der Waals surface area (Å²) in [7, 11) is 0. The van der Waals surface area contributed by atoms with E-state index in [0.29, 0.717) is 25.1 Å². The maximum absolute atomic E-state index is 13.2. The van der Waals surface area contributed by atoms with Crippen LogP contribution in [0.4, 0.5) is 8.78 Å². The normalized spacial score (nSPS) is 17.1. The van der Waals surface area contributed by atoms with Gasteiger partial charge in [0.25, 0.3) is 0 Å². The molecule has 0 atom stereocenters. The summed E-state index contributed by atoms with van der Waals surface area (Å²) < 4.78 is 31.6. The average molecular weight is 389 g/mol. The molecule has 4 rings (SSSR count). The van der Waals surface area contributed by atoms with E-state index >= 15 is 0 Å². The number of aromatic amines is 1. The highest BCUT2D eigenvalue weighted by Crippen LogP contribution is 2.39. The number of para-hydroxylation sites is 2. The Kier molecular flexibility index (Phi) is 5.06. The molecule has 9 heteroatoms. The van der Waals surface area contributed by atoms with Gasteiger partial charge in [-0.2, -0.15) is 4.98 Å². The first kappa shape index (κ1) is 18.5. The number of nitrogens with zero attached hydrogens (tertiary/aromatic N) is 3. The van der Waals surface area contributed by atoms with E-state index in [2.05, 4.69) is 25.4 Å². The van der Waals surface area contributed by atoms with E-state index in [1.165, 1.54) is 0 Å². The Morgan fingerprint density at radius 3 is 2.82 bits per heavy atom. The number of alkyl halides is 2. The molecule has 1 saturated carbocycles. The molecule has 28 heavy (non-hydrogen) atoms. The number of rotatable bonds is 6. The number of hydrogen-bond acceptors (Lipinski definition) is 5. The van der Waals surface area contributed by atoms with Gasteiger partial charge in [0.05, 0.1) is 17.6 Å². The Morgan fingerprint density at radius 1 is 1.25 bits per heavy atom. The number of nitrogens with one attached hydrogen (secondary N) is 2.